The number of carbonyl (C=O) groups excluding carboxylic acids is 2. The number of carbonyl (C=O) groups is 2. The lowest BCUT2D eigenvalue weighted by atomic mass is 9.90. The molecule has 34 heavy (non-hydrogen) atoms. The topological polar surface area (TPSA) is 76.9 Å². The minimum Gasteiger partial charge on any atom is -0.444 e. The van der Waals surface area contributed by atoms with Crippen LogP contribution >= 0.6 is 0 Å². The van der Waals surface area contributed by atoms with E-state index in [2.05, 4.69) is 37.1 Å². The summed E-state index contributed by atoms with van der Waals surface area (Å²) in [6.45, 7) is 13.3. The van der Waals surface area contributed by atoms with Crippen LogP contribution in [0.1, 0.15) is 66.7 Å². The van der Waals surface area contributed by atoms with Gasteiger partial charge in [0, 0.05) is 32.1 Å². The van der Waals surface area contributed by atoms with Gasteiger partial charge in [0.1, 0.15) is 5.60 Å². The number of piperidine rings is 1. The Bertz CT molecular complexity index is 1040. The van der Waals surface area contributed by atoms with Gasteiger partial charge in [-0.25, -0.2) is 9.48 Å². The number of amides is 2. The molecule has 8 nitrogen and oxygen atoms in total. The maximum Gasteiger partial charge on any atom is 0.410 e. The molecule has 2 aliphatic rings. The van der Waals surface area contributed by atoms with Gasteiger partial charge in [-0.15, -0.1) is 0 Å². The van der Waals surface area contributed by atoms with E-state index in [-0.39, 0.29) is 17.9 Å². The smallest absolute Gasteiger partial charge is 0.410 e. The van der Waals surface area contributed by atoms with Gasteiger partial charge in [0.25, 0.3) is 5.91 Å². The molecule has 2 fully saturated rings. The van der Waals surface area contributed by atoms with Crippen molar-refractivity contribution in [3.8, 4) is 5.69 Å². The van der Waals surface area contributed by atoms with Crippen molar-refractivity contribution in [1.29, 1.82) is 0 Å². The molecule has 8 heteroatoms. The molecule has 1 aromatic carbocycles. The molecular formula is C26H36N4O4. The van der Waals surface area contributed by atoms with Gasteiger partial charge in [-0.2, -0.15) is 5.10 Å². The molecule has 2 saturated heterocycles. The van der Waals surface area contributed by atoms with Crippen LogP contribution in [-0.4, -0.2) is 76.6 Å². The largest absolute Gasteiger partial charge is 0.444 e. The average molecular weight is 469 g/mol. The van der Waals surface area contributed by atoms with Crippen LogP contribution in [0.5, 0.6) is 0 Å². The van der Waals surface area contributed by atoms with Crippen molar-refractivity contribution in [1.82, 2.24) is 19.6 Å². The van der Waals surface area contributed by atoms with Gasteiger partial charge < -0.3 is 19.3 Å². The third-order valence-electron chi connectivity index (χ3n) is 6.60. The standard InChI is InChI=1S/C26H36N4O4/c1-18-6-7-21(16-19(18)2)30-23(22(17-27-30)24(31)28-12-14-33-15-13-28)20-8-10-29(11-9-20)25(32)34-26(3,4)5/h6-7,16-17,20H,8-15H2,1-5H3. The number of rotatable bonds is 3. The van der Waals surface area contributed by atoms with E-state index in [0.717, 1.165) is 24.2 Å². The lowest BCUT2D eigenvalue weighted by molar-refractivity contribution is 0.0201. The van der Waals surface area contributed by atoms with Crippen LogP contribution in [0.3, 0.4) is 0 Å². The van der Waals surface area contributed by atoms with E-state index in [1.54, 1.807) is 11.1 Å². The molecule has 2 aliphatic heterocycles. The Morgan fingerprint density at radius 2 is 1.68 bits per heavy atom. The van der Waals surface area contributed by atoms with Crippen LogP contribution in [0.2, 0.25) is 0 Å². The number of morpholine rings is 1. The van der Waals surface area contributed by atoms with Crippen LogP contribution in [0.15, 0.2) is 24.4 Å². The highest BCUT2D eigenvalue weighted by Gasteiger charge is 2.33. The first-order valence-corrected chi connectivity index (χ1v) is 12.1. The quantitative estimate of drug-likeness (QED) is 0.679. The molecule has 4 rings (SSSR count). The van der Waals surface area contributed by atoms with Gasteiger partial charge in [-0.3, -0.25) is 4.79 Å². The van der Waals surface area contributed by atoms with E-state index in [1.807, 2.05) is 30.4 Å². The number of benzene rings is 1. The van der Waals surface area contributed by atoms with E-state index in [0.29, 0.717) is 45.0 Å². The average Bonchev–Trinajstić information content (AvgIpc) is 3.25. The molecular weight excluding hydrogens is 432 g/mol. The molecule has 184 valence electrons. The van der Waals surface area contributed by atoms with E-state index in [9.17, 15) is 9.59 Å². The van der Waals surface area contributed by atoms with Gasteiger partial charge in [0.05, 0.1) is 36.4 Å². The highest BCUT2D eigenvalue weighted by atomic mass is 16.6. The lowest BCUT2D eigenvalue weighted by Gasteiger charge is -2.34. The van der Waals surface area contributed by atoms with Crippen molar-refractivity contribution in [3.63, 3.8) is 0 Å². The molecule has 2 amide bonds. The Morgan fingerprint density at radius 1 is 1.00 bits per heavy atom. The van der Waals surface area contributed by atoms with Crippen molar-refractivity contribution in [2.24, 2.45) is 0 Å². The summed E-state index contributed by atoms with van der Waals surface area (Å²) in [5, 5.41) is 4.68. The molecule has 0 aliphatic carbocycles. The molecule has 0 N–H and O–H groups in total. The molecule has 3 heterocycles. The zero-order chi connectivity index (χ0) is 24.5. The highest BCUT2D eigenvalue weighted by molar-refractivity contribution is 5.95. The summed E-state index contributed by atoms with van der Waals surface area (Å²) in [4.78, 5) is 29.7. The number of hydrogen-bond donors (Lipinski definition) is 0. The van der Waals surface area contributed by atoms with Gasteiger partial charge >= 0.3 is 6.09 Å². The van der Waals surface area contributed by atoms with Crippen molar-refractivity contribution < 1.29 is 19.1 Å². The maximum atomic E-state index is 13.5. The third kappa shape index (κ3) is 5.27. The second kappa shape index (κ2) is 9.78. The van der Waals surface area contributed by atoms with E-state index in [1.165, 1.54) is 11.1 Å². The zero-order valence-electron chi connectivity index (χ0n) is 21.0. The molecule has 0 atom stereocenters. The molecule has 0 radical (unpaired) electrons. The van der Waals surface area contributed by atoms with Crippen molar-refractivity contribution in [2.75, 3.05) is 39.4 Å². The fraction of sp³-hybridized carbons (Fsp3) is 0.577. The predicted molar refractivity (Wildman–Crippen MR) is 130 cm³/mol. The number of aromatic nitrogens is 2. The van der Waals surface area contributed by atoms with Gasteiger partial charge in [0.2, 0.25) is 0 Å². The Morgan fingerprint density at radius 3 is 2.29 bits per heavy atom. The van der Waals surface area contributed by atoms with Crippen LogP contribution in [0, 0.1) is 13.8 Å². The summed E-state index contributed by atoms with van der Waals surface area (Å²) < 4.78 is 12.9. The van der Waals surface area contributed by atoms with Crippen LogP contribution in [0.4, 0.5) is 4.79 Å². The Labute approximate surface area is 201 Å². The summed E-state index contributed by atoms with van der Waals surface area (Å²) in [6, 6.07) is 6.26. The summed E-state index contributed by atoms with van der Waals surface area (Å²) in [7, 11) is 0. The molecule has 2 aromatic rings. The fourth-order valence-electron chi connectivity index (χ4n) is 4.58. The highest BCUT2D eigenvalue weighted by Crippen LogP contribution is 2.33. The zero-order valence-corrected chi connectivity index (χ0v) is 21.0. The summed E-state index contributed by atoms with van der Waals surface area (Å²) in [6.07, 6.45) is 2.93. The molecule has 0 saturated carbocycles. The van der Waals surface area contributed by atoms with Crippen LogP contribution in [0.25, 0.3) is 5.69 Å². The first-order chi connectivity index (χ1) is 16.1. The van der Waals surface area contributed by atoms with E-state index in [4.69, 9.17) is 9.47 Å². The molecule has 0 unspecified atom stereocenters. The Balaban J connectivity index is 1.63. The maximum absolute atomic E-state index is 13.5. The minimum atomic E-state index is -0.520. The number of hydrogen-bond acceptors (Lipinski definition) is 5. The van der Waals surface area contributed by atoms with E-state index >= 15 is 0 Å². The molecule has 1 aromatic heterocycles. The Kier molecular flexibility index (Phi) is 6.98. The van der Waals surface area contributed by atoms with Crippen LogP contribution < -0.4 is 0 Å². The summed E-state index contributed by atoms with van der Waals surface area (Å²) >= 11 is 0. The summed E-state index contributed by atoms with van der Waals surface area (Å²) in [5.41, 5.74) is 4.41. The number of aryl methyl sites for hydroxylation is 2. The van der Waals surface area contributed by atoms with Crippen molar-refractivity contribution in [2.45, 2.75) is 59.0 Å². The first kappa shape index (κ1) is 24.3. The van der Waals surface area contributed by atoms with E-state index < -0.39 is 5.60 Å². The summed E-state index contributed by atoms with van der Waals surface area (Å²) in [5.74, 6) is 0.116. The second-order valence-electron chi connectivity index (χ2n) is 10.3. The number of ether oxygens (including phenoxy) is 2. The minimum absolute atomic E-state index is 0.00274. The van der Waals surface area contributed by atoms with Crippen LogP contribution in [-0.2, 0) is 9.47 Å². The lowest BCUT2D eigenvalue weighted by Crippen LogP contribution is -2.42. The molecule has 0 spiro atoms. The van der Waals surface area contributed by atoms with Gasteiger partial charge in [0.15, 0.2) is 0 Å². The predicted octanol–water partition coefficient (Wildman–Crippen LogP) is 4.08. The normalized spacial score (nSPS) is 17.7. The third-order valence-corrected chi connectivity index (χ3v) is 6.60. The Hall–Kier alpha value is -2.87. The number of nitrogens with zero attached hydrogens (tertiary/aromatic N) is 4. The van der Waals surface area contributed by atoms with Gasteiger partial charge in [-0.1, -0.05) is 6.07 Å². The SMILES string of the molecule is Cc1ccc(-n2ncc(C(=O)N3CCOCC3)c2C2CCN(C(=O)OC(C)(C)C)CC2)cc1C. The monoisotopic (exact) mass is 468 g/mol. The van der Waals surface area contributed by atoms with Gasteiger partial charge in [-0.05, 0) is 70.7 Å². The number of likely N-dealkylation sites (tertiary alicyclic amines) is 1. The molecule has 0 bridgehead atoms. The fourth-order valence-corrected chi connectivity index (χ4v) is 4.58. The van der Waals surface area contributed by atoms with Crippen molar-refractivity contribution >= 4 is 12.0 Å². The van der Waals surface area contributed by atoms with Crippen molar-refractivity contribution in [3.05, 3.63) is 46.8 Å². The second-order valence-corrected chi connectivity index (χ2v) is 10.3. The first-order valence-electron chi connectivity index (χ1n) is 12.1.